The molecule has 0 unspecified atom stereocenters. The van der Waals surface area contributed by atoms with Crippen molar-refractivity contribution in [2.24, 2.45) is 0 Å². The Morgan fingerprint density at radius 2 is 1.84 bits per heavy atom. The molecule has 4 nitrogen and oxygen atoms in total. The first-order valence-corrected chi connectivity index (χ1v) is 8.53. The summed E-state index contributed by atoms with van der Waals surface area (Å²) in [6.45, 7) is 1.96. The lowest BCUT2D eigenvalue weighted by Crippen LogP contribution is -2.13. The minimum atomic E-state index is -0.0861. The van der Waals surface area contributed by atoms with Crippen LogP contribution in [-0.4, -0.2) is 15.9 Å². The van der Waals surface area contributed by atoms with Gasteiger partial charge in [0.05, 0.1) is 5.69 Å². The second-order valence-corrected chi connectivity index (χ2v) is 6.07. The van der Waals surface area contributed by atoms with Crippen LogP contribution in [0.2, 0.25) is 5.02 Å². The number of anilines is 1. The third-order valence-corrected chi connectivity index (χ3v) is 3.93. The number of hydrogen-bond acceptors (Lipinski definition) is 3. The van der Waals surface area contributed by atoms with Crippen molar-refractivity contribution in [2.45, 2.75) is 19.8 Å². The van der Waals surface area contributed by atoms with Gasteiger partial charge >= 0.3 is 0 Å². The zero-order chi connectivity index (χ0) is 17.6. The van der Waals surface area contributed by atoms with Crippen LogP contribution in [0.3, 0.4) is 0 Å². The molecule has 0 radical (unpaired) electrons. The monoisotopic (exact) mass is 351 g/mol. The van der Waals surface area contributed by atoms with Crippen LogP contribution in [-0.2, 0) is 4.79 Å². The molecule has 1 amide bonds. The molecule has 0 saturated heterocycles. The number of rotatable bonds is 5. The number of aromatic nitrogens is 2. The Labute approximate surface area is 151 Å². The van der Waals surface area contributed by atoms with Crippen molar-refractivity contribution in [3.05, 3.63) is 65.8 Å². The lowest BCUT2D eigenvalue weighted by molar-refractivity contribution is -0.116. The van der Waals surface area contributed by atoms with E-state index in [1.54, 1.807) is 6.20 Å². The Morgan fingerprint density at radius 1 is 1.08 bits per heavy atom. The van der Waals surface area contributed by atoms with Crippen molar-refractivity contribution in [1.29, 1.82) is 0 Å². The molecule has 0 saturated carbocycles. The fourth-order valence-electron chi connectivity index (χ4n) is 2.54. The molecule has 2 aromatic carbocycles. The van der Waals surface area contributed by atoms with Crippen molar-refractivity contribution in [3.63, 3.8) is 0 Å². The van der Waals surface area contributed by atoms with Gasteiger partial charge in [0, 0.05) is 28.8 Å². The molecule has 0 aliphatic heterocycles. The standard InChI is InChI=1S/C20H18ClN3O/c1-2-7-18(25)23-20-22-13-17(15-10-6-11-16(21)12-15)19(24-20)14-8-4-3-5-9-14/h3-6,8-13H,2,7H2,1H3,(H,22,23,24,25). The second-order valence-electron chi connectivity index (χ2n) is 5.63. The number of halogens is 1. The minimum Gasteiger partial charge on any atom is -0.295 e. The van der Waals surface area contributed by atoms with Gasteiger partial charge in [0.1, 0.15) is 0 Å². The van der Waals surface area contributed by atoms with E-state index in [0.717, 1.165) is 28.8 Å². The van der Waals surface area contributed by atoms with Crippen molar-refractivity contribution in [3.8, 4) is 22.4 Å². The largest absolute Gasteiger partial charge is 0.295 e. The van der Waals surface area contributed by atoms with E-state index in [9.17, 15) is 4.79 Å². The molecule has 0 fully saturated rings. The van der Waals surface area contributed by atoms with Crippen molar-refractivity contribution < 1.29 is 4.79 Å². The van der Waals surface area contributed by atoms with Crippen molar-refractivity contribution in [2.75, 3.05) is 5.32 Å². The molecule has 0 aliphatic rings. The van der Waals surface area contributed by atoms with E-state index in [0.29, 0.717) is 17.4 Å². The number of carbonyl (C=O) groups is 1. The number of benzene rings is 2. The van der Waals surface area contributed by atoms with Gasteiger partial charge < -0.3 is 0 Å². The zero-order valence-corrected chi connectivity index (χ0v) is 14.6. The van der Waals surface area contributed by atoms with Crippen LogP contribution in [0.15, 0.2) is 60.8 Å². The topological polar surface area (TPSA) is 54.9 Å². The van der Waals surface area contributed by atoms with Crippen molar-refractivity contribution in [1.82, 2.24) is 9.97 Å². The third kappa shape index (κ3) is 4.22. The van der Waals surface area contributed by atoms with Crippen LogP contribution >= 0.6 is 11.6 Å². The maximum Gasteiger partial charge on any atom is 0.229 e. The molecule has 1 heterocycles. The third-order valence-electron chi connectivity index (χ3n) is 3.70. The summed E-state index contributed by atoms with van der Waals surface area (Å²) in [4.78, 5) is 20.7. The van der Waals surface area contributed by atoms with E-state index in [1.165, 1.54) is 0 Å². The highest BCUT2D eigenvalue weighted by molar-refractivity contribution is 6.30. The summed E-state index contributed by atoms with van der Waals surface area (Å²) in [5.41, 5.74) is 3.50. The van der Waals surface area contributed by atoms with E-state index in [4.69, 9.17) is 11.6 Å². The normalized spacial score (nSPS) is 10.5. The van der Waals surface area contributed by atoms with Gasteiger partial charge in [-0.15, -0.1) is 0 Å². The van der Waals surface area contributed by atoms with Crippen molar-refractivity contribution >= 4 is 23.5 Å². The molecular formula is C20H18ClN3O. The number of nitrogens with one attached hydrogen (secondary N) is 1. The first kappa shape index (κ1) is 17.1. The van der Waals surface area contributed by atoms with Crippen LogP contribution < -0.4 is 5.32 Å². The van der Waals surface area contributed by atoms with Crippen LogP contribution in [0.1, 0.15) is 19.8 Å². The Morgan fingerprint density at radius 3 is 2.56 bits per heavy atom. The summed E-state index contributed by atoms with van der Waals surface area (Å²) < 4.78 is 0. The average molecular weight is 352 g/mol. The fraction of sp³-hybridized carbons (Fsp3) is 0.150. The van der Waals surface area contributed by atoms with Gasteiger partial charge in [0.15, 0.2) is 0 Å². The highest BCUT2D eigenvalue weighted by Gasteiger charge is 2.13. The predicted octanol–water partition coefficient (Wildman–Crippen LogP) is 5.20. The van der Waals surface area contributed by atoms with E-state index in [1.807, 2.05) is 61.5 Å². The highest BCUT2D eigenvalue weighted by atomic mass is 35.5. The van der Waals surface area contributed by atoms with Gasteiger partial charge in [-0.3, -0.25) is 10.1 Å². The number of nitrogens with zero attached hydrogens (tertiary/aromatic N) is 2. The molecule has 0 bridgehead atoms. The maximum atomic E-state index is 11.9. The molecule has 25 heavy (non-hydrogen) atoms. The first-order chi connectivity index (χ1) is 12.2. The lowest BCUT2D eigenvalue weighted by atomic mass is 10.0. The minimum absolute atomic E-state index is 0.0861. The van der Waals surface area contributed by atoms with Gasteiger partial charge in [0.25, 0.3) is 0 Å². The van der Waals surface area contributed by atoms with E-state index in [2.05, 4.69) is 15.3 Å². The van der Waals surface area contributed by atoms with Gasteiger partial charge in [-0.2, -0.15) is 0 Å². The zero-order valence-electron chi connectivity index (χ0n) is 13.9. The second kappa shape index (κ2) is 7.90. The summed E-state index contributed by atoms with van der Waals surface area (Å²) in [6, 6.07) is 17.4. The van der Waals surface area contributed by atoms with E-state index in [-0.39, 0.29) is 5.91 Å². The van der Waals surface area contributed by atoms with Gasteiger partial charge in [0.2, 0.25) is 11.9 Å². The van der Waals surface area contributed by atoms with Gasteiger partial charge in [-0.1, -0.05) is 61.0 Å². The Bertz CT molecular complexity index is 881. The highest BCUT2D eigenvalue weighted by Crippen LogP contribution is 2.31. The smallest absolute Gasteiger partial charge is 0.229 e. The maximum absolute atomic E-state index is 11.9. The van der Waals surface area contributed by atoms with E-state index < -0.39 is 0 Å². The summed E-state index contributed by atoms with van der Waals surface area (Å²) in [7, 11) is 0. The Kier molecular flexibility index (Phi) is 5.41. The molecule has 3 aromatic rings. The van der Waals surface area contributed by atoms with Crippen LogP contribution in [0, 0.1) is 0 Å². The van der Waals surface area contributed by atoms with Gasteiger partial charge in [-0.05, 0) is 24.1 Å². The number of hydrogen-bond donors (Lipinski definition) is 1. The van der Waals surface area contributed by atoms with Crippen LogP contribution in [0.5, 0.6) is 0 Å². The molecule has 0 spiro atoms. The summed E-state index contributed by atoms with van der Waals surface area (Å²) in [5.74, 6) is 0.222. The molecule has 1 N–H and O–H groups in total. The average Bonchev–Trinajstić information content (AvgIpc) is 2.62. The number of carbonyl (C=O) groups excluding carboxylic acids is 1. The lowest BCUT2D eigenvalue weighted by Gasteiger charge is -2.11. The van der Waals surface area contributed by atoms with Crippen LogP contribution in [0.25, 0.3) is 22.4 Å². The number of amides is 1. The van der Waals surface area contributed by atoms with E-state index >= 15 is 0 Å². The summed E-state index contributed by atoms with van der Waals surface area (Å²) >= 11 is 6.13. The molecule has 126 valence electrons. The Hall–Kier alpha value is -2.72. The first-order valence-electron chi connectivity index (χ1n) is 8.15. The Balaban J connectivity index is 2.07. The summed E-state index contributed by atoms with van der Waals surface area (Å²) in [5, 5.41) is 3.41. The molecule has 3 rings (SSSR count). The molecule has 0 atom stereocenters. The molecular weight excluding hydrogens is 334 g/mol. The quantitative estimate of drug-likeness (QED) is 0.687. The summed E-state index contributed by atoms with van der Waals surface area (Å²) in [6.07, 6.45) is 2.95. The molecule has 5 heteroatoms. The molecule has 0 aliphatic carbocycles. The molecule has 1 aromatic heterocycles. The fourth-order valence-corrected chi connectivity index (χ4v) is 2.73. The predicted molar refractivity (Wildman–Crippen MR) is 101 cm³/mol. The SMILES string of the molecule is CCCC(=O)Nc1ncc(-c2cccc(Cl)c2)c(-c2ccccc2)n1. The van der Waals surface area contributed by atoms with Gasteiger partial charge in [-0.25, -0.2) is 9.97 Å². The van der Waals surface area contributed by atoms with Crippen LogP contribution in [0.4, 0.5) is 5.95 Å².